The Morgan fingerprint density at radius 3 is 2.29 bits per heavy atom. The Hall–Kier alpha value is -2.50. The zero-order valence-electron chi connectivity index (χ0n) is 12.2. The van der Waals surface area contributed by atoms with Crippen molar-refractivity contribution in [2.45, 2.75) is 13.0 Å². The van der Waals surface area contributed by atoms with E-state index < -0.39 is 0 Å². The highest BCUT2D eigenvalue weighted by molar-refractivity contribution is 5.59. The molecule has 2 N–H and O–H groups in total. The third-order valence-corrected chi connectivity index (χ3v) is 3.66. The Balaban J connectivity index is 1.95. The van der Waals surface area contributed by atoms with Gasteiger partial charge in [0.15, 0.2) is 5.69 Å². The summed E-state index contributed by atoms with van der Waals surface area (Å²) < 4.78 is 10.4. The topological polar surface area (TPSA) is 73.5 Å². The molecule has 1 aromatic heterocycles. The van der Waals surface area contributed by atoms with Crippen molar-refractivity contribution in [1.29, 1.82) is 0 Å². The highest BCUT2D eigenvalue weighted by Crippen LogP contribution is 2.31. The van der Waals surface area contributed by atoms with Gasteiger partial charge >= 0.3 is 0 Å². The van der Waals surface area contributed by atoms with Crippen LogP contribution >= 0.6 is 0 Å². The van der Waals surface area contributed by atoms with Crippen LogP contribution in [0.1, 0.15) is 11.1 Å². The Morgan fingerprint density at radius 2 is 1.67 bits per heavy atom. The molecule has 0 bridgehead atoms. The summed E-state index contributed by atoms with van der Waals surface area (Å²) in [6.07, 6.45) is 0.967. The summed E-state index contributed by atoms with van der Waals surface area (Å²) in [4.78, 5) is 10.9. The van der Waals surface area contributed by atoms with Crippen LogP contribution in [0.3, 0.4) is 0 Å². The van der Waals surface area contributed by atoms with Gasteiger partial charge in [-0.1, -0.05) is 24.3 Å². The van der Waals surface area contributed by atoms with Gasteiger partial charge in [-0.05, 0) is 17.5 Å². The third-order valence-electron chi connectivity index (χ3n) is 3.66. The number of nitrogen functional groups attached to an aromatic ring is 1. The standard InChI is InChI=1S/C15H18N4O2/c1-20-13-12(16)14(21-2)18-15(17-13)19-8-7-10-5-3-4-6-11(10)9-19/h3-6H,7-9,16H2,1-2H3. The van der Waals surface area contributed by atoms with Gasteiger partial charge in [0.1, 0.15) is 0 Å². The summed E-state index contributed by atoms with van der Waals surface area (Å²) in [5.74, 6) is 1.26. The first kappa shape index (κ1) is 13.5. The quantitative estimate of drug-likeness (QED) is 0.924. The SMILES string of the molecule is COc1nc(N2CCc3ccccc3C2)nc(OC)c1N. The Morgan fingerprint density at radius 1 is 1.05 bits per heavy atom. The van der Waals surface area contributed by atoms with Crippen LogP contribution in [-0.2, 0) is 13.0 Å². The minimum Gasteiger partial charge on any atom is -0.479 e. The lowest BCUT2D eigenvalue weighted by atomic mass is 10.0. The van der Waals surface area contributed by atoms with E-state index in [0.29, 0.717) is 23.4 Å². The molecular weight excluding hydrogens is 268 g/mol. The molecule has 0 aliphatic carbocycles. The maximum atomic E-state index is 5.89. The van der Waals surface area contributed by atoms with E-state index in [9.17, 15) is 0 Å². The summed E-state index contributed by atoms with van der Waals surface area (Å²) >= 11 is 0. The lowest BCUT2D eigenvalue weighted by Gasteiger charge is -2.29. The minimum atomic E-state index is 0.321. The van der Waals surface area contributed by atoms with E-state index in [-0.39, 0.29) is 0 Å². The summed E-state index contributed by atoms with van der Waals surface area (Å²) in [6, 6.07) is 8.42. The number of nitrogens with zero attached hydrogens (tertiary/aromatic N) is 3. The number of aromatic nitrogens is 2. The molecule has 2 aromatic rings. The van der Waals surface area contributed by atoms with Crippen LogP contribution in [0.4, 0.5) is 11.6 Å². The molecule has 0 amide bonds. The maximum Gasteiger partial charge on any atom is 0.245 e. The molecule has 0 saturated carbocycles. The molecule has 3 rings (SSSR count). The molecule has 0 radical (unpaired) electrons. The second kappa shape index (κ2) is 5.47. The van der Waals surface area contributed by atoms with Gasteiger partial charge in [0, 0.05) is 13.1 Å². The van der Waals surface area contributed by atoms with E-state index in [1.165, 1.54) is 25.3 Å². The van der Waals surface area contributed by atoms with Gasteiger partial charge in [-0.25, -0.2) is 0 Å². The molecule has 110 valence electrons. The average Bonchev–Trinajstić information content (AvgIpc) is 2.54. The molecule has 0 fully saturated rings. The molecule has 0 atom stereocenters. The number of nitrogens with two attached hydrogens (primary N) is 1. The zero-order chi connectivity index (χ0) is 14.8. The van der Waals surface area contributed by atoms with Gasteiger partial charge in [0.25, 0.3) is 0 Å². The summed E-state index contributed by atoms with van der Waals surface area (Å²) in [5.41, 5.74) is 8.88. The Kier molecular flexibility index (Phi) is 3.51. The molecule has 1 aliphatic heterocycles. The third kappa shape index (κ3) is 2.44. The molecular formula is C15H18N4O2. The molecule has 1 aromatic carbocycles. The van der Waals surface area contributed by atoms with E-state index in [2.05, 4.69) is 33.1 Å². The molecule has 21 heavy (non-hydrogen) atoms. The van der Waals surface area contributed by atoms with Crippen LogP contribution < -0.4 is 20.1 Å². The fourth-order valence-electron chi connectivity index (χ4n) is 2.54. The lowest BCUT2D eigenvalue weighted by molar-refractivity contribution is 0.375. The van der Waals surface area contributed by atoms with Crippen molar-refractivity contribution in [3.05, 3.63) is 35.4 Å². The molecule has 1 aliphatic rings. The van der Waals surface area contributed by atoms with Crippen molar-refractivity contribution in [1.82, 2.24) is 9.97 Å². The molecule has 0 unspecified atom stereocenters. The van der Waals surface area contributed by atoms with Gasteiger partial charge < -0.3 is 20.1 Å². The first-order valence-corrected chi connectivity index (χ1v) is 6.80. The highest BCUT2D eigenvalue weighted by atomic mass is 16.5. The van der Waals surface area contributed by atoms with Crippen molar-refractivity contribution in [2.75, 3.05) is 31.4 Å². The van der Waals surface area contributed by atoms with E-state index in [1.54, 1.807) is 0 Å². The zero-order valence-corrected chi connectivity index (χ0v) is 12.2. The van der Waals surface area contributed by atoms with E-state index in [0.717, 1.165) is 19.5 Å². The second-order valence-corrected chi connectivity index (χ2v) is 4.90. The fourth-order valence-corrected chi connectivity index (χ4v) is 2.54. The number of methoxy groups -OCH3 is 2. The van der Waals surface area contributed by atoms with Gasteiger partial charge in [-0.2, -0.15) is 9.97 Å². The first-order chi connectivity index (χ1) is 10.2. The van der Waals surface area contributed by atoms with Crippen molar-refractivity contribution in [3.63, 3.8) is 0 Å². The van der Waals surface area contributed by atoms with Crippen molar-refractivity contribution in [3.8, 4) is 11.8 Å². The first-order valence-electron chi connectivity index (χ1n) is 6.80. The smallest absolute Gasteiger partial charge is 0.245 e. The van der Waals surface area contributed by atoms with Crippen LogP contribution in [0.25, 0.3) is 0 Å². The summed E-state index contributed by atoms with van der Waals surface area (Å²) in [7, 11) is 3.07. The highest BCUT2D eigenvalue weighted by Gasteiger charge is 2.21. The molecule has 2 heterocycles. The number of ether oxygens (including phenoxy) is 2. The molecule has 0 saturated heterocycles. The van der Waals surface area contributed by atoms with Gasteiger partial charge in [0.05, 0.1) is 14.2 Å². The largest absolute Gasteiger partial charge is 0.479 e. The molecule has 0 spiro atoms. The number of hydrogen-bond acceptors (Lipinski definition) is 6. The second-order valence-electron chi connectivity index (χ2n) is 4.90. The van der Waals surface area contributed by atoms with E-state index in [1.807, 2.05) is 6.07 Å². The Labute approximate surface area is 123 Å². The number of anilines is 2. The van der Waals surface area contributed by atoms with Crippen molar-refractivity contribution < 1.29 is 9.47 Å². The van der Waals surface area contributed by atoms with E-state index >= 15 is 0 Å². The fraction of sp³-hybridized carbons (Fsp3) is 0.333. The van der Waals surface area contributed by atoms with Gasteiger partial charge in [-0.15, -0.1) is 0 Å². The van der Waals surface area contributed by atoms with E-state index in [4.69, 9.17) is 15.2 Å². The number of fused-ring (bicyclic) bond motifs is 1. The monoisotopic (exact) mass is 286 g/mol. The van der Waals surface area contributed by atoms with Crippen molar-refractivity contribution in [2.24, 2.45) is 0 Å². The lowest BCUT2D eigenvalue weighted by Crippen LogP contribution is -2.32. The van der Waals surface area contributed by atoms with Crippen LogP contribution in [-0.4, -0.2) is 30.7 Å². The summed E-state index contributed by atoms with van der Waals surface area (Å²) in [5, 5.41) is 0. The average molecular weight is 286 g/mol. The molecule has 6 heteroatoms. The number of benzene rings is 1. The normalized spacial score (nSPS) is 13.7. The summed E-state index contributed by atoms with van der Waals surface area (Å²) in [6.45, 7) is 1.62. The Bertz CT molecular complexity index is 635. The molecule has 6 nitrogen and oxygen atoms in total. The predicted molar refractivity (Wildman–Crippen MR) is 80.7 cm³/mol. The number of rotatable bonds is 3. The van der Waals surface area contributed by atoms with Gasteiger partial charge in [-0.3, -0.25) is 0 Å². The maximum absolute atomic E-state index is 5.89. The van der Waals surface area contributed by atoms with Crippen LogP contribution in [0.15, 0.2) is 24.3 Å². The van der Waals surface area contributed by atoms with Crippen LogP contribution in [0.5, 0.6) is 11.8 Å². The van der Waals surface area contributed by atoms with Crippen LogP contribution in [0, 0.1) is 0 Å². The predicted octanol–water partition coefficient (Wildman–Crippen LogP) is 1.64. The van der Waals surface area contributed by atoms with Crippen molar-refractivity contribution >= 4 is 11.6 Å². The number of hydrogen-bond donors (Lipinski definition) is 1. The van der Waals surface area contributed by atoms with Gasteiger partial charge in [0.2, 0.25) is 17.7 Å². The van der Waals surface area contributed by atoms with Crippen LogP contribution in [0.2, 0.25) is 0 Å². The minimum absolute atomic E-state index is 0.321.